The van der Waals surface area contributed by atoms with Crippen LogP contribution in [-0.2, 0) is 17.6 Å². The van der Waals surface area contributed by atoms with Crippen molar-refractivity contribution < 1.29 is 9.21 Å². The number of carbonyl (C=O) groups is 1. The van der Waals surface area contributed by atoms with Gasteiger partial charge < -0.3 is 20.0 Å². The molecule has 0 radical (unpaired) electrons. The summed E-state index contributed by atoms with van der Waals surface area (Å²) in [6.07, 6.45) is 8.16. The lowest BCUT2D eigenvalue weighted by Crippen LogP contribution is -2.47. The third kappa shape index (κ3) is 4.80. The Morgan fingerprint density at radius 3 is 2.52 bits per heavy atom. The molecule has 2 aromatic rings. The fourth-order valence-electron chi connectivity index (χ4n) is 5.62. The van der Waals surface area contributed by atoms with Gasteiger partial charge in [0.2, 0.25) is 5.91 Å². The van der Waals surface area contributed by atoms with Crippen LogP contribution in [0.3, 0.4) is 0 Å². The molecule has 33 heavy (non-hydrogen) atoms. The van der Waals surface area contributed by atoms with Crippen LogP contribution in [0.1, 0.15) is 76.4 Å². The van der Waals surface area contributed by atoms with E-state index >= 15 is 0 Å². The predicted octanol–water partition coefficient (Wildman–Crippen LogP) is 5.27. The van der Waals surface area contributed by atoms with Crippen molar-refractivity contribution >= 4 is 23.1 Å². The van der Waals surface area contributed by atoms with Gasteiger partial charge in [-0.25, -0.2) is 0 Å². The monoisotopic (exact) mass is 450 g/mol. The van der Waals surface area contributed by atoms with Gasteiger partial charge in [-0.2, -0.15) is 0 Å². The first-order valence-corrected chi connectivity index (χ1v) is 12.5. The van der Waals surface area contributed by atoms with Crippen molar-refractivity contribution in [3.8, 4) is 0 Å². The second-order valence-electron chi connectivity index (χ2n) is 9.79. The molecule has 3 atom stereocenters. The summed E-state index contributed by atoms with van der Waals surface area (Å²) in [7, 11) is 0. The molecular weight excluding hydrogens is 412 g/mol. The molecule has 0 aliphatic carbocycles. The summed E-state index contributed by atoms with van der Waals surface area (Å²) >= 11 is 0. The van der Waals surface area contributed by atoms with Crippen LogP contribution in [0.5, 0.6) is 0 Å². The largest absolute Gasteiger partial charge is 0.458 e. The molecule has 2 aliphatic heterocycles. The summed E-state index contributed by atoms with van der Waals surface area (Å²) in [5, 5.41) is 7.61. The van der Waals surface area contributed by atoms with Gasteiger partial charge in [0.25, 0.3) is 0 Å². The fraction of sp³-hybridized carbons (Fsp3) is 0.556. The second kappa shape index (κ2) is 10.0. The molecule has 1 saturated heterocycles. The number of benzene rings is 1. The van der Waals surface area contributed by atoms with Gasteiger partial charge in [-0.15, -0.1) is 0 Å². The number of furan rings is 1. The minimum absolute atomic E-state index is 0.0851. The number of amidine groups is 1. The number of nitrogens with zero attached hydrogens (tertiary/aromatic N) is 2. The summed E-state index contributed by atoms with van der Waals surface area (Å²) in [4.78, 5) is 18.3. The number of carbonyl (C=O) groups excluding carboxylic acids is 1. The van der Waals surface area contributed by atoms with Crippen LogP contribution in [0.15, 0.2) is 34.7 Å². The molecule has 4 rings (SSSR count). The lowest BCUT2D eigenvalue weighted by atomic mass is 9.86. The zero-order valence-corrected chi connectivity index (χ0v) is 20.3. The van der Waals surface area contributed by atoms with Gasteiger partial charge in [0.15, 0.2) is 11.6 Å². The first kappa shape index (κ1) is 23.4. The van der Waals surface area contributed by atoms with E-state index in [4.69, 9.17) is 15.6 Å². The average molecular weight is 451 g/mol. The van der Waals surface area contributed by atoms with E-state index in [0.717, 1.165) is 31.5 Å². The standard InChI is InChI=1S/C27H38N4O2/c1-4-5-6-15-30-23-11-8-12-24(31-18(2)9-7-10-19(31)3)22(23)17-20(27(30)32)16-21-13-14-25(33-21)26(28)29/h8,11-14,18-20H,4-7,9-10,15-17H2,1-3H3,(H3,28,29)/t18-,19+,20?. The van der Waals surface area contributed by atoms with Crippen molar-refractivity contribution in [2.24, 2.45) is 11.7 Å². The molecule has 6 heteroatoms. The molecule has 0 bridgehead atoms. The zero-order valence-electron chi connectivity index (χ0n) is 20.3. The number of nitrogens with two attached hydrogens (primary N) is 1. The molecule has 0 saturated carbocycles. The lowest BCUT2D eigenvalue weighted by Gasteiger charge is -2.44. The molecule has 2 aliphatic rings. The highest BCUT2D eigenvalue weighted by atomic mass is 16.3. The SMILES string of the molecule is CCCCCN1C(=O)C(Cc2ccc(C(=N)N)o2)Cc2c1cccc2N1[C@H](C)CCC[C@@H]1C. The molecule has 1 aromatic heterocycles. The van der Waals surface area contributed by atoms with Gasteiger partial charge in [0.05, 0.1) is 0 Å². The summed E-state index contributed by atoms with van der Waals surface area (Å²) in [5.41, 5.74) is 9.24. The number of piperidine rings is 1. The summed E-state index contributed by atoms with van der Waals surface area (Å²) in [6.45, 7) is 7.59. The number of unbranched alkanes of at least 4 members (excludes halogenated alkanes) is 2. The maximum atomic E-state index is 13.6. The third-order valence-electron chi connectivity index (χ3n) is 7.31. The number of hydrogen-bond donors (Lipinski definition) is 2. The number of amides is 1. The molecule has 1 fully saturated rings. The molecule has 1 aromatic carbocycles. The minimum Gasteiger partial charge on any atom is -0.458 e. The normalized spacial score (nSPS) is 23.0. The number of fused-ring (bicyclic) bond motifs is 1. The van der Waals surface area contributed by atoms with Crippen molar-refractivity contribution in [3.05, 3.63) is 47.4 Å². The summed E-state index contributed by atoms with van der Waals surface area (Å²) in [5.74, 6) is 0.994. The summed E-state index contributed by atoms with van der Waals surface area (Å²) < 4.78 is 5.77. The van der Waals surface area contributed by atoms with Crippen LogP contribution in [0, 0.1) is 11.3 Å². The van der Waals surface area contributed by atoms with Crippen LogP contribution in [-0.4, -0.2) is 30.4 Å². The zero-order chi connectivity index (χ0) is 23.5. The highest BCUT2D eigenvalue weighted by molar-refractivity contribution is 5.99. The molecule has 1 amide bonds. The van der Waals surface area contributed by atoms with Gasteiger partial charge in [-0.05, 0) is 70.2 Å². The van der Waals surface area contributed by atoms with Crippen molar-refractivity contribution in [1.82, 2.24) is 0 Å². The third-order valence-corrected chi connectivity index (χ3v) is 7.31. The Hall–Kier alpha value is -2.76. The Morgan fingerprint density at radius 1 is 1.12 bits per heavy atom. The highest BCUT2D eigenvalue weighted by Gasteiger charge is 2.37. The van der Waals surface area contributed by atoms with Crippen LogP contribution in [0.2, 0.25) is 0 Å². The van der Waals surface area contributed by atoms with Crippen LogP contribution < -0.4 is 15.5 Å². The summed E-state index contributed by atoms with van der Waals surface area (Å²) in [6, 6.07) is 11.0. The topological polar surface area (TPSA) is 86.6 Å². The molecule has 3 heterocycles. The maximum absolute atomic E-state index is 13.6. The van der Waals surface area contributed by atoms with E-state index < -0.39 is 0 Å². The Morgan fingerprint density at radius 2 is 1.85 bits per heavy atom. The quantitative estimate of drug-likeness (QED) is 0.326. The first-order chi connectivity index (χ1) is 15.9. The molecule has 3 N–H and O–H groups in total. The van der Waals surface area contributed by atoms with E-state index in [-0.39, 0.29) is 17.7 Å². The molecule has 178 valence electrons. The van der Waals surface area contributed by atoms with E-state index in [1.807, 2.05) is 11.0 Å². The number of hydrogen-bond acceptors (Lipinski definition) is 4. The van der Waals surface area contributed by atoms with E-state index in [0.29, 0.717) is 36.4 Å². The highest BCUT2D eigenvalue weighted by Crippen LogP contribution is 2.41. The Kier molecular flexibility index (Phi) is 7.11. The second-order valence-corrected chi connectivity index (χ2v) is 9.79. The van der Waals surface area contributed by atoms with Crippen LogP contribution >= 0.6 is 0 Å². The van der Waals surface area contributed by atoms with Crippen LogP contribution in [0.4, 0.5) is 11.4 Å². The Balaban J connectivity index is 1.69. The van der Waals surface area contributed by atoms with Crippen molar-refractivity contribution in [2.45, 2.75) is 84.2 Å². The maximum Gasteiger partial charge on any atom is 0.230 e. The van der Waals surface area contributed by atoms with Crippen molar-refractivity contribution in [3.63, 3.8) is 0 Å². The van der Waals surface area contributed by atoms with Crippen molar-refractivity contribution in [2.75, 3.05) is 16.3 Å². The number of nitrogen functional groups attached to an aromatic ring is 1. The minimum atomic E-state index is -0.179. The molecule has 6 nitrogen and oxygen atoms in total. The van der Waals surface area contributed by atoms with E-state index in [1.54, 1.807) is 6.07 Å². The van der Waals surface area contributed by atoms with Crippen LogP contribution in [0.25, 0.3) is 0 Å². The van der Waals surface area contributed by atoms with Gasteiger partial charge in [-0.1, -0.05) is 25.8 Å². The average Bonchev–Trinajstić information content (AvgIpc) is 3.25. The first-order valence-electron chi connectivity index (χ1n) is 12.5. The van der Waals surface area contributed by atoms with Crippen molar-refractivity contribution in [1.29, 1.82) is 5.41 Å². The Labute approximate surface area is 197 Å². The molecule has 0 spiro atoms. The smallest absolute Gasteiger partial charge is 0.230 e. The van der Waals surface area contributed by atoms with Gasteiger partial charge in [0, 0.05) is 47.9 Å². The lowest BCUT2D eigenvalue weighted by molar-refractivity contribution is -0.122. The van der Waals surface area contributed by atoms with Gasteiger partial charge >= 0.3 is 0 Å². The fourth-order valence-corrected chi connectivity index (χ4v) is 5.62. The molecular formula is C27H38N4O2. The number of nitrogens with one attached hydrogen (secondary N) is 1. The van der Waals surface area contributed by atoms with E-state index in [9.17, 15) is 4.79 Å². The Bertz CT molecular complexity index is 988. The number of anilines is 2. The van der Waals surface area contributed by atoms with E-state index in [1.165, 1.54) is 30.5 Å². The number of rotatable bonds is 8. The van der Waals surface area contributed by atoms with Gasteiger partial charge in [-0.3, -0.25) is 10.2 Å². The predicted molar refractivity (Wildman–Crippen MR) is 134 cm³/mol. The molecule has 1 unspecified atom stereocenters. The van der Waals surface area contributed by atoms with E-state index in [2.05, 4.69) is 43.9 Å². The van der Waals surface area contributed by atoms with Gasteiger partial charge in [0.1, 0.15) is 5.76 Å².